The molecule has 1 aromatic rings. The van der Waals surface area contributed by atoms with E-state index in [0.29, 0.717) is 11.5 Å². The number of hydrogen-bond donors (Lipinski definition) is 1. The summed E-state index contributed by atoms with van der Waals surface area (Å²) in [5, 5.41) is 2.94. The second kappa shape index (κ2) is 4.96. The first-order chi connectivity index (χ1) is 8.91. The Morgan fingerprint density at radius 3 is 2.47 bits per heavy atom. The average molecular weight is 261 g/mol. The molecule has 1 aliphatic heterocycles. The van der Waals surface area contributed by atoms with Gasteiger partial charge in [-0.15, -0.1) is 0 Å². The summed E-state index contributed by atoms with van der Waals surface area (Å²) in [4.78, 5) is 12.1. The van der Waals surface area contributed by atoms with Crippen LogP contribution in [0.1, 0.15) is 33.3 Å². The molecule has 0 saturated heterocycles. The fourth-order valence-electron chi connectivity index (χ4n) is 1.69. The molecule has 0 aromatic heterocycles. The minimum absolute atomic E-state index is 0.0304. The maximum atomic E-state index is 12.1. The fourth-order valence-corrected chi connectivity index (χ4v) is 1.69. The van der Waals surface area contributed by atoms with E-state index in [-0.39, 0.29) is 12.7 Å². The van der Waals surface area contributed by atoms with Gasteiger partial charge < -0.3 is 14.8 Å². The Labute approximate surface area is 113 Å². The van der Waals surface area contributed by atoms with E-state index in [4.69, 9.17) is 9.47 Å². The molecule has 102 valence electrons. The first-order valence-electron chi connectivity index (χ1n) is 6.29. The lowest BCUT2D eigenvalue weighted by Crippen LogP contribution is -2.27. The van der Waals surface area contributed by atoms with Crippen LogP contribution in [0.15, 0.2) is 18.2 Å². The number of carbonyl (C=O) groups is 1. The highest BCUT2D eigenvalue weighted by molar-refractivity contribution is 5.96. The molecule has 2 rings (SSSR count). The molecule has 1 amide bonds. The highest BCUT2D eigenvalue weighted by Crippen LogP contribution is 2.38. The van der Waals surface area contributed by atoms with Gasteiger partial charge in [0.25, 0.3) is 0 Å². The molecule has 19 heavy (non-hydrogen) atoms. The van der Waals surface area contributed by atoms with E-state index in [1.54, 1.807) is 6.07 Å². The number of hydrogen-bond acceptors (Lipinski definition) is 3. The van der Waals surface area contributed by atoms with Crippen LogP contribution < -0.4 is 14.8 Å². The highest BCUT2D eigenvalue weighted by Gasteiger charge is 2.23. The van der Waals surface area contributed by atoms with Crippen molar-refractivity contribution in [3.8, 4) is 11.5 Å². The van der Waals surface area contributed by atoms with Crippen molar-refractivity contribution in [2.45, 2.75) is 27.7 Å². The molecular formula is C15H19NO3. The summed E-state index contributed by atoms with van der Waals surface area (Å²) < 4.78 is 10.7. The average Bonchev–Trinajstić information content (AvgIpc) is 2.75. The van der Waals surface area contributed by atoms with Crippen molar-refractivity contribution < 1.29 is 14.3 Å². The molecule has 0 fully saturated rings. The van der Waals surface area contributed by atoms with Crippen molar-refractivity contribution in [3.63, 3.8) is 0 Å². The Hall–Kier alpha value is -1.97. The molecule has 0 radical (unpaired) electrons. The predicted molar refractivity (Wildman–Crippen MR) is 75.4 cm³/mol. The number of benzene rings is 1. The van der Waals surface area contributed by atoms with Crippen LogP contribution >= 0.6 is 0 Å². The summed E-state index contributed by atoms with van der Waals surface area (Å²) in [6, 6.07) is 3.68. The van der Waals surface area contributed by atoms with E-state index in [1.165, 1.54) is 0 Å². The van der Waals surface area contributed by atoms with Gasteiger partial charge in [-0.1, -0.05) is 32.9 Å². The van der Waals surface area contributed by atoms with Crippen LogP contribution in [-0.2, 0) is 4.79 Å². The lowest BCUT2D eigenvalue weighted by Gasteiger charge is -2.19. The SMILES string of the molecule is C/C=C/c1cc2c(cc1NC(=O)C(C)(C)C)OCO2. The summed E-state index contributed by atoms with van der Waals surface area (Å²) in [6.45, 7) is 7.79. The lowest BCUT2D eigenvalue weighted by molar-refractivity contribution is -0.123. The van der Waals surface area contributed by atoms with Gasteiger partial charge in [-0.25, -0.2) is 0 Å². The van der Waals surface area contributed by atoms with Crippen LogP contribution in [0, 0.1) is 5.41 Å². The topological polar surface area (TPSA) is 47.6 Å². The van der Waals surface area contributed by atoms with Gasteiger partial charge in [-0.05, 0) is 13.0 Å². The molecule has 0 aliphatic carbocycles. The quantitative estimate of drug-likeness (QED) is 0.887. The zero-order chi connectivity index (χ0) is 14.0. The zero-order valence-corrected chi connectivity index (χ0v) is 11.7. The third-order valence-corrected chi connectivity index (χ3v) is 2.82. The van der Waals surface area contributed by atoms with Gasteiger partial charge in [0.05, 0.1) is 5.69 Å². The Balaban J connectivity index is 2.36. The van der Waals surface area contributed by atoms with Crippen LogP contribution in [-0.4, -0.2) is 12.7 Å². The van der Waals surface area contributed by atoms with Crippen molar-refractivity contribution in [3.05, 3.63) is 23.8 Å². The van der Waals surface area contributed by atoms with E-state index >= 15 is 0 Å². The van der Waals surface area contributed by atoms with Gasteiger partial charge in [-0.3, -0.25) is 4.79 Å². The van der Waals surface area contributed by atoms with Gasteiger partial charge in [-0.2, -0.15) is 0 Å². The molecule has 0 saturated carbocycles. The first kappa shape index (κ1) is 13.5. The third-order valence-electron chi connectivity index (χ3n) is 2.82. The van der Waals surface area contributed by atoms with Crippen LogP contribution in [0.3, 0.4) is 0 Å². The predicted octanol–water partition coefficient (Wildman–Crippen LogP) is 3.43. The van der Waals surface area contributed by atoms with Crippen molar-refractivity contribution in [2.75, 3.05) is 12.1 Å². The largest absolute Gasteiger partial charge is 0.454 e. The molecule has 0 atom stereocenters. The normalized spacial score (nSPS) is 13.9. The number of anilines is 1. The van der Waals surface area contributed by atoms with E-state index in [0.717, 1.165) is 11.3 Å². The Morgan fingerprint density at radius 1 is 1.26 bits per heavy atom. The monoisotopic (exact) mass is 261 g/mol. The molecule has 0 unspecified atom stereocenters. The fraction of sp³-hybridized carbons (Fsp3) is 0.400. The number of fused-ring (bicyclic) bond motifs is 1. The molecule has 0 spiro atoms. The Morgan fingerprint density at radius 2 is 1.89 bits per heavy atom. The molecule has 1 N–H and O–H groups in total. The zero-order valence-electron chi connectivity index (χ0n) is 11.7. The minimum Gasteiger partial charge on any atom is -0.454 e. The molecular weight excluding hydrogens is 242 g/mol. The summed E-state index contributed by atoms with van der Waals surface area (Å²) in [6.07, 6.45) is 3.85. The van der Waals surface area contributed by atoms with Crippen molar-refractivity contribution in [1.82, 2.24) is 0 Å². The van der Waals surface area contributed by atoms with Gasteiger partial charge in [0, 0.05) is 17.0 Å². The Bertz CT molecular complexity index is 527. The van der Waals surface area contributed by atoms with Gasteiger partial charge >= 0.3 is 0 Å². The van der Waals surface area contributed by atoms with Crippen LogP contribution in [0.5, 0.6) is 11.5 Å². The van der Waals surface area contributed by atoms with Gasteiger partial charge in [0.15, 0.2) is 11.5 Å². The second-order valence-electron chi connectivity index (χ2n) is 5.50. The lowest BCUT2D eigenvalue weighted by atomic mass is 9.95. The number of carbonyl (C=O) groups excluding carboxylic acids is 1. The van der Waals surface area contributed by atoms with Crippen molar-refractivity contribution in [1.29, 1.82) is 0 Å². The number of nitrogens with one attached hydrogen (secondary N) is 1. The molecule has 1 heterocycles. The van der Waals surface area contributed by atoms with Gasteiger partial charge in [0.1, 0.15) is 0 Å². The minimum atomic E-state index is -0.441. The standard InChI is InChI=1S/C15H19NO3/c1-5-6-10-7-12-13(19-9-18-12)8-11(10)16-14(17)15(2,3)4/h5-8H,9H2,1-4H3,(H,16,17)/b6-5+. The van der Waals surface area contributed by atoms with E-state index in [2.05, 4.69) is 5.32 Å². The first-order valence-corrected chi connectivity index (χ1v) is 6.29. The van der Waals surface area contributed by atoms with E-state index < -0.39 is 5.41 Å². The summed E-state index contributed by atoms with van der Waals surface area (Å²) >= 11 is 0. The second-order valence-corrected chi connectivity index (χ2v) is 5.50. The van der Waals surface area contributed by atoms with E-state index in [9.17, 15) is 4.79 Å². The Kier molecular flexibility index (Phi) is 3.51. The number of amides is 1. The van der Waals surface area contributed by atoms with Crippen molar-refractivity contribution >= 4 is 17.7 Å². The third kappa shape index (κ3) is 2.89. The van der Waals surface area contributed by atoms with Crippen LogP contribution in [0.2, 0.25) is 0 Å². The van der Waals surface area contributed by atoms with Crippen LogP contribution in [0.4, 0.5) is 5.69 Å². The molecule has 4 heteroatoms. The maximum absolute atomic E-state index is 12.1. The summed E-state index contributed by atoms with van der Waals surface area (Å²) in [7, 11) is 0. The number of ether oxygens (including phenoxy) is 2. The molecule has 0 bridgehead atoms. The maximum Gasteiger partial charge on any atom is 0.231 e. The van der Waals surface area contributed by atoms with Crippen LogP contribution in [0.25, 0.3) is 6.08 Å². The highest BCUT2D eigenvalue weighted by atomic mass is 16.7. The van der Waals surface area contributed by atoms with Gasteiger partial charge in [0.2, 0.25) is 12.7 Å². The number of rotatable bonds is 2. The summed E-state index contributed by atoms with van der Waals surface area (Å²) in [5.41, 5.74) is 1.20. The molecule has 4 nitrogen and oxygen atoms in total. The van der Waals surface area contributed by atoms with E-state index in [1.807, 2.05) is 45.9 Å². The number of allylic oxidation sites excluding steroid dienone is 1. The molecule has 1 aromatic carbocycles. The summed E-state index contributed by atoms with van der Waals surface area (Å²) in [5.74, 6) is 1.34. The molecule has 1 aliphatic rings. The smallest absolute Gasteiger partial charge is 0.231 e. The van der Waals surface area contributed by atoms with Crippen molar-refractivity contribution in [2.24, 2.45) is 5.41 Å².